The first-order valence-corrected chi connectivity index (χ1v) is 3.43. The molecule has 49 valence electrons. The predicted octanol–water partition coefficient (Wildman–Crippen LogP) is 2.05. The molecular weight excluding hydrogens is 142 g/mol. The van der Waals surface area contributed by atoms with Crippen LogP contribution in [0.4, 0.5) is 0 Å². The van der Waals surface area contributed by atoms with Gasteiger partial charge in [0, 0.05) is 0 Å². The van der Waals surface area contributed by atoms with Crippen molar-refractivity contribution in [3.63, 3.8) is 0 Å². The van der Waals surface area contributed by atoms with Crippen LogP contribution in [0.3, 0.4) is 0 Å². The molecule has 1 radical (unpaired) electrons. The summed E-state index contributed by atoms with van der Waals surface area (Å²) in [7, 11) is 5.54. The van der Waals surface area contributed by atoms with E-state index in [0.717, 1.165) is 16.0 Å². The molecule has 0 spiro atoms. The van der Waals surface area contributed by atoms with E-state index >= 15 is 0 Å². The van der Waals surface area contributed by atoms with Gasteiger partial charge in [0.25, 0.3) is 0 Å². The molecule has 0 aromatic heterocycles. The zero-order chi connectivity index (χ0) is 7.56. The molecule has 0 aliphatic heterocycles. The monoisotopic (exact) mass is 149 g/mol. The minimum absolute atomic E-state index is 0.724. The number of hydrogen-bond donors (Lipinski definition) is 0. The van der Waals surface area contributed by atoms with Gasteiger partial charge in [-0.15, -0.1) is 0 Å². The van der Waals surface area contributed by atoms with Crippen molar-refractivity contribution in [2.24, 2.45) is 0 Å². The Morgan fingerprint density at radius 2 is 2.20 bits per heavy atom. The zero-order valence-electron chi connectivity index (χ0n) is 5.76. The van der Waals surface area contributed by atoms with Gasteiger partial charge in [-0.3, -0.25) is 0 Å². The molecule has 0 heterocycles. The molecule has 0 N–H and O–H groups in total. The summed E-state index contributed by atoms with van der Waals surface area (Å²) in [5.74, 6) is 0. The molecule has 0 atom stereocenters. The number of hydrogen-bond acceptors (Lipinski definition) is 0. The molecule has 1 rings (SSSR count). The molecule has 0 aliphatic carbocycles. The second-order valence-electron chi connectivity index (χ2n) is 2.19. The van der Waals surface area contributed by atoms with Gasteiger partial charge in [0.2, 0.25) is 0 Å². The van der Waals surface area contributed by atoms with Crippen LogP contribution < -0.4 is 0 Å². The quantitative estimate of drug-likeness (QED) is 0.536. The van der Waals surface area contributed by atoms with Crippen LogP contribution in [-0.4, -0.2) is 13.0 Å². The van der Waals surface area contributed by atoms with E-state index in [1.807, 2.05) is 31.2 Å². The van der Waals surface area contributed by atoms with Gasteiger partial charge < -0.3 is 0 Å². The van der Waals surface area contributed by atoms with Gasteiger partial charge in [-0.25, -0.2) is 0 Å². The Morgan fingerprint density at radius 1 is 1.50 bits per heavy atom. The van der Waals surface area contributed by atoms with E-state index in [9.17, 15) is 0 Å². The van der Waals surface area contributed by atoms with Gasteiger partial charge >= 0.3 is 66.3 Å². The molecule has 1 aromatic carbocycles. The fraction of sp³-hybridized carbons (Fsp3) is 0.125. The van der Waals surface area contributed by atoms with E-state index in [1.54, 1.807) is 0 Å². The van der Waals surface area contributed by atoms with E-state index in [2.05, 4.69) is 0 Å². The summed E-state index contributed by atoms with van der Waals surface area (Å²) < 4.78 is 0. The summed E-state index contributed by atoms with van der Waals surface area (Å²) in [6.45, 7) is 1.85. The van der Waals surface area contributed by atoms with E-state index in [1.165, 1.54) is 0 Å². The molecule has 0 amide bonds. The number of benzene rings is 1. The molecule has 0 fully saturated rings. The Bertz CT molecular complexity index is 255. The van der Waals surface area contributed by atoms with Crippen molar-refractivity contribution in [3.05, 3.63) is 34.9 Å². The van der Waals surface area contributed by atoms with E-state index in [0.29, 0.717) is 0 Å². The number of rotatable bonds is 1. The molecule has 2 heteroatoms. The van der Waals surface area contributed by atoms with E-state index in [4.69, 9.17) is 19.1 Å². The Balaban J connectivity index is 3.07. The third-order valence-corrected chi connectivity index (χ3v) is 1.52. The third-order valence-electron chi connectivity index (χ3n) is 1.28. The van der Waals surface area contributed by atoms with Crippen LogP contribution in [0.1, 0.15) is 12.5 Å². The molecule has 10 heavy (non-hydrogen) atoms. The first-order chi connectivity index (χ1) is 4.70. The summed E-state index contributed by atoms with van der Waals surface area (Å²) in [6.07, 6.45) is 0. The van der Waals surface area contributed by atoms with Crippen molar-refractivity contribution in [2.75, 3.05) is 0 Å². The molecule has 0 bridgehead atoms. The summed E-state index contributed by atoms with van der Waals surface area (Å²) in [4.78, 5) is 0. The number of halogens is 1. The van der Waals surface area contributed by atoms with Crippen molar-refractivity contribution >= 4 is 24.6 Å². The Kier molecular flexibility index (Phi) is 2.28. The Labute approximate surface area is 66.9 Å². The van der Waals surface area contributed by atoms with Crippen LogP contribution >= 0.6 is 11.6 Å². The molecule has 0 aliphatic rings. The van der Waals surface area contributed by atoms with Gasteiger partial charge in [-0.1, -0.05) is 0 Å². The van der Waals surface area contributed by atoms with Crippen LogP contribution in [0, 0.1) is 0 Å². The van der Waals surface area contributed by atoms with Crippen LogP contribution in [0.5, 0.6) is 0 Å². The van der Waals surface area contributed by atoms with Crippen molar-refractivity contribution in [1.82, 2.24) is 0 Å². The summed E-state index contributed by atoms with van der Waals surface area (Å²) in [5, 5.41) is 0.724. The van der Waals surface area contributed by atoms with Crippen molar-refractivity contribution in [2.45, 2.75) is 6.92 Å². The molecule has 0 unspecified atom stereocenters. The topological polar surface area (TPSA) is 0 Å². The van der Waals surface area contributed by atoms with Crippen LogP contribution in [0.15, 0.2) is 24.3 Å². The van der Waals surface area contributed by atoms with Crippen molar-refractivity contribution in [3.8, 4) is 0 Å². The summed E-state index contributed by atoms with van der Waals surface area (Å²) in [5.41, 5.74) is 1.79. The van der Waals surface area contributed by atoms with Gasteiger partial charge in [-0.05, 0) is 0 Å². The Hall–Kier alpha value is -0.555. The summed E-state index contributed by atoms with van der Waals surface area (Å²) >= 11 is 5.72. The first kappa shape index (κ1) is 7.55. The van der Waals surface area contributed by atoms with E-state index < -0.39 is 0 Å². The normalized spacial score (nSPS) is 9.30. The van der Waals surface area contributed by atoms with Crippen molar-refractivity contribution in [1.29, 1.82) is 0 Å². The molecular formula is C8H7BCl. The maximum absolute atomic E-state index is 5.72. The molecule has 1 aromatic rings. The molecule has 0 saturated carbocycles. The first-order valence-electron chi connectivity index (χ1n) is 3.05. The fourth-order valence-electron chi connectivity index (χ4n) is 0.734. The second-order valence-corrected chi connectivity index (χ2v) is 2.63. The van der Waals surface area contributed by atoms with Gasteiger partial charge in [0.05, 0.1) is 0 Å². The van der Waals surface area contributed by atoms with Crippen LogP contribution in [-0.2, 0) is 0 Å². The average Bonchev–Trinajstić information content (AvgIpc) is 1.88. The standard InChI is InChI=1S/C8H7BCl/c1-6(9)7-3-2-4-8(10)5-7/h2-5H,1H3. The fourth-order valence-corrected chi connectivity index (χ4v) is 0.924. The van der Waals surface area contributed by atoms with Crippen LogP contribution in [0.25, 0.3) is 0 Å². The van der Waals surface area contributed by atoms with Gasteiger partial charge in [0.15, 0.2) is 0 Å². The minimum atomic E-state index is 0.724. The second kappa shape index (κ2) is 3.02. The van der Waals surface area contributed by atoms with E-state index in [-0.39, 0.29) is 0 Å². The van der Waals surface area contributed by atoms with Crippen LogP contribution in [0.2, 0.25) is 5.02 Å². The molecule has 0 saturated heterocycles. The Morgan fingerprint density at radius 3 is 2.60 bits per heavy atom. The molecule has 0 nitrogen and oxygen atoms in total. The third kappa shape index (κ3) is 1.71. The maximum atomic E-state index is 5.72. The SMILES string of the molecule is [B]=C(C)c1cccc(Cl)c1. The summed E-state index contributed by atoms with van der Waals surface area (Å²) in [6, 6.07) is 7.49. The predicted molar refractivity (Wildman–Crippen MR) is 47.0 cm³/mol. The van der Waals surface area contributed by atoms with Gasteiger partial charge in [0.1, 0.15) is 0 Å². The van der Waals surface area contributed by atoms with Gasteiger partial charge in [-0.2, -0.15) is 0 Å². The average molecular weight is 149 g/mol. The van der Waals surface area contributed by atoms with Crippen molar-refractivity contribution < 1.29 is 0 Å². The zero-order valence-corrected chi connectivity index (χ0v) is 6.52.